The Bertz CT molecular complexity index is 1050. The number of ether oxygens (including phenoxy) is 1. The molecule has 0 saturated carbocycles. The number of benzene rings is 2. The first-order valence-corrected chi connectivity index (χ1v) is 11.1. The molecule has 1 aliphatic heterocycles. The van der Waals surface area contributed by atoms with Crippen LogP contribution >= 0.6 is 35.4 Å². The van der Waals surface area contributed by atoms with Crippen molar-refractivity contribution in [3.63, 3.8) is 0 Å². The molecule has 5 nitrogen and oxygen atoms in total. The van der Waals surface area contributed by atoms with Gasteiger partial charge in [0.05, 0.1) is 23.3 Å². The van der Waals surface area contributed by atoms with Gasteiger partial charge in [-0.2, -0.15) is 4.31 Å². The minimum Gasteiger partial charge on any atom is -0.379 e. The molecule has 0 spiro atoms. The SMILES string of the molecule is Cc1cc(NC(=S)c2cc(S(=O)(=O)N3CCOCC3)c(Cl)cc2Cl)cc(F)c1F. The molecule has 1 aliphatic rings. The minimum absolute atomic E-state index is 0.0375. The molecule has 0 atom stereocenters. The topological polar surface area (TPSA) is 58.6 Å². The van der Waals surface area contributed by atoms with E-state index in [-0.39, 0.29) is 63.0 Å². The Morgan fingerprint density at radius 2 is 1.79 bits per heavy atom. The van der Waals surface area contributed by atoms with Crippen LogP contribution in [-0.4, -0.2) is 44.0 Å². The summed E-state index contributed by atoms with van der Waals surface area (Å²) in [7, 11) is -3.89. The fourth-order valence-electron chi connectivity index (χ4n) is 2.82. The smallest absolute Gasteiger partial charge is 0.244 e. The van der Waals surface area contributed by atoms with Crippen molar-refractivity contribution in [2.75, 3.05) is 31.6 Å². The van der Waals surface area contributed by atoms with E-state index in [1.807, 2.05) is 0 Å². The molecule has 156 valence electrons. The number of morpholine rings is 1. The van der Waals surface area contributed by atoms with E-state index in [1.165, 1.54) is 29.4 Å². The number of halogens is 4. The van der Waals surface area contributed by atoms with Gasteiger partial charge >= 0.3 is 0 Å². The molecule has 0 radical (unpaired) electrons. The third-order valence-electron chi connectivity index (χ3n) is 4.32. The molecule has 0 amide bonds. The number of hydrogen-bond donors (Lipinski definition) is 1. The molecule has 2 aromatic rings. The molecule has 2 aromatic carbocycles. The van der Waals surface area contributed by atoms with E-state index >= 15 is 0 Å². The maximum Gasteiger partial charge on any atom is 0.244 e. The number of rotatable bonds is 4. The van der Waals surface area contributed by atoms with E-state index in [1.54, 1.807) is 0 Å². The van der Waals surface area contributed by atoms with Crippen LogP contribution in [0.5, 0.6) is 0 Å². The molecule has 11 heteroatoms. The van der Waals surface area contributed by atoms with Crippen LogP contribution in [0, 0.1) is 18.6 Å². The van der Waals surface area contributed by atoms with Crippen LogP contribution in [0.25, 0.3) is 0 Å². The predicted octanol–water partition coefficient (Wildman–Crippen LogP) is 4.39. The van der Waals surface area contributed by atoms with Gasteiger partial charge in [0.1, 0.15) is 9.88 Å². The molecule has 29 heavy (non-hydrogen) atoms. The molecule has 1 N–H and O–H groups in total. The second-order valence-electron chi connectivity index (χ2n) is 6.32. The van der Waals surface area contributed by atoms with E-state index in [2.05, 4.69) is 5.32 Å². The van der Waals surface area contributed by atoms with Gasteiger partial charge in [0.2, 0.25) is 10.0 Å². The van der Waals surface area contributed by atoms with Crippen LogP contribution in [0.1, 0.15) is 11.1 Å². The molecule has 0 aliphatic carbocycles. The predicted molar refractivity (Wildman–Crippen MR) is 112 cm³/mol. The summed E-state index contributed by atoms with van der Waals surface area (Å²) in [6.07, 6.45) is 0. The van der Waals surface area contributed by atoms with Gasteiger partial charge in [0, 0.05) is 30.4 Å². The lowest BCUT2D eigenvalue weighted by Crippen LogP contribution is -2.40. The first kappa shape index (κ1) is 22.3. The fraction of sp³-hybridized carbons (Fsp3) is 0.278. The molecular formula is C18H16Cl2F2N2O3S2. The zero-order chi connectivity index (χ0) is 21.3. The second-order valence-corrected chi connectivity index (χ2v) is 9.45. The van der Waals surface area contributed by atoms with Gasteiger partial charge in [-0.1, -0.05) is 35.4 Å². The van der Waals surface area contributed by atoms with E-state index < -0.39 is 21.7 Å². The normalized spacial score (nSPS) is 15.3. The summed E-state index contributed by atoms with van der Waals surface area (Å²) in [5.41, 5.74) is 0.489. The Kier molecular flexibility index (Phi) is 6.77. The summed E-state index contributed by atoms with van der Waals surface area (Å²) in [6, 6.07) is 4.89. The highest BCUT2D eigenvalue weighted by Gasteiger charge is 2.29. The van der Waals surface area contributed by atoms with Gasteiger partial charge in [0.25, 0.3) is 0 Å². The molecule has 0 bridgehead atoms. The van der Waals surface area contributed by atoms with E-state index in [0.717, 1.165) is 6.07 Å². The van der Waals surface area contributed by atoms with Gasteiger partial charge in [-0.15, -0.1) is 0 Å². The van der Waals surface area contributed by atoms with Crippen LogP contribution in [0.4, 0.5) is 14.5 Å². The molecule has 0 aromatic heterocycles. The highest BCUT2D eigenvalue weighted by molar-refractivity contribution is 7.89. The first-order valence-electron chi connectivity index (χ1n) is 8.45. The van der Waals surface area contributed by atoms with E-state index in [4.69, 9.17) is 40.2 Å². The Balaban J connectivity index is 1.96. The summed E-state index contributed by atoms with van der Waals surface area (Å²) in [6.45, 7) is 2.38. The highest BCUT2D eigenvalue weighted by Crippen LogP contribution is 2.32. The van der Waals surface area contributed by atoms with Crippen molar-refractivity contribution in [2.45, 2.75) is 11.8 Å². The van der Waals surface area contributed by atoms with Crippen molar-refractivity contribution in [1.82, 2.24) is 4.31 Å². The minimum atomic E-state index is -3.89. The van der Waals surface area contributed by atoms with Crippen LogP contribution in [0.3, 0.4) is 0 Å². The van der Waals surface area contributed by atoms with Gasteiger partial charge in [-0.25, -0.2) is 17.2 Å². The van der Waals surface area contributed by atoms with Gasteiger partial charge in [-0.05, 0) is 30.7 Å². The number of nitrogens with zero attached hydrogens (tertiary/aromatic N) is 1. The van der Waals surface area contributed by atoms with Crippen molar-refractivity contribution in [2.24, 2.45) is 0 Å². The largest absolute Gasteiger partial charge is 0.379 e. The molecule has 0 unspecified atom stereocenters. The lowest BCUT2D eigenvalue weighted by molar-refractivity contribution is 0.0730. The van der Waals surface area contributed by atoms with Crippen molar-refractivity contribution in [1.29, 1.82) is 0 Å². The summed E-state index contributed by atoms with van der Waals surface area (Å²) in [5.74, 6) is -1.99. The highest BCUT2D eigenvalue weighted by atomic mass is 35.5. The van der Waals surface area contributed by atoms with Crippen LogP contribution in [0.15, 0.2) is 29.2 Å². The fourth-order valence-corrected chi connectivity index (χ4v) is 5.42. The number of aryl methyl sites for hydroxylation is 1. The quantitative estimate of drug-likeness (QED) is 0.657. The van der Waals surface area contributed by atoms with Crippen LogP contribution in [0.2, 0.25) is 10.0 Å². The lowest BCUT2D eigenvalue weighted by atomic mass is 10.1. The molecule has 1 fully saturated rings. The summed E-state index contributed by atoms with van der Waals surface area (Å²) in [5, 5.41) is 2.83. The van der Waals surface area contributed by atoms with Gasteiger partial charge < -0.3 is 10.1 Å². The number of hydrogen-bond acceptors (Lipinski definition) is 4. The molecule has 1 saturated heterocycles. The number of nitrogens with one attached hydrogen (secondary N) is 1. The van der Waals surface area contributed by atoms with Crippen molar-refractivity contribution in [3.8, 4) is 0 Å². The lowest BCUT2D eigenvalue weighted by Gasteiger charge is -2.26. The van der Waals surface area contributed by atoms with E-state index in [0.29, 0.717) is 0 Å². The Morgan fingerprint density at radius 3 is 2.41 bits per heavy atom. The number of thiocarbonyl (C=S) groups is 1. The van der Waals surface area contributed by atoms with E-state index in [9.17, 15) is 17.2 Å². The summed E-state index contributed by atoms with van der Waals surface area (Å²) in [4.78, 5) is -0.110. The Hall–Kier alpha value is -1.36. The Labute approximate surface area is 182 Å². The number of anilines is 1. The average Bonchev–Trinajstić information content (AvgIpc) is 2.66. The third kappa shape index (κ3) is 4.70. The van der Waals surface area contributed by atoms with Crippen LogP contribution < -0.4 is 5.32 Å². The molecular weight excluding hydrogens is 465 g/mol. The zero-order valence-electron chi connectivity index (χ0n) is 15.1. The van der Waals surface area contributed by atoms with Crippen LogP contribution in [-0.2, 0) is 14.8 Å². The summed E-state index contributed by atoms with van der Waals surface area (Å²) >= 11 is 17.7. The van der Waals surface area contributed by atoms with Crippen molar-refractivity contribution in [3.05, 3.63) is 57.1 Å². The van der Waals surface area contributed by atoms with Gasteiger partial charge in [-0.3, -0.25) is 0 Å². The zero-order valence-corrected chi connectivity index (χ0v) is 18.3. The first-order chi connectivity index (χ1) is 13.6. The maximum atomic E-state index is 13.7. The summed E-state index contributed by atoms with van der Waals surface area (Å²) < 4.78 is 59.5. The maximum absolute atomic E-state index is 13.7. The average molecular weight is 481 g/mol. The number of sulfonamides is 1. The second kappa shape index (κ2) is 8.79. The molecule has 3 rings (SSSR count). The van der Waals surface area contributed by atoms with Crippen molar-refractivity contribution >= 4 is 56.1 Å². The molecule has 1 heterocycles. The van der Waals surface area contributed by atoms with Crippen molar-refractivity contribution < 1.29 is 21.9 Å². The monoisotopic (exact) mass is 480 g/mol. The van der Waals surface area contributed by atoms with Gasteiger partial charge in [0.15, 0.2) is 11.6 Å². The third-order valence-corrected chi connectivity index (χ3v) is 7.32. The standard InChI is InChI=1S/C18H16Cl2F2N2O3S2/c1-10-6-11(7-15(21)17(10)22)23-18(28)12-8-16(14(20)9-13(12)19)29(25,26)24-2-4-27-5-3-24/h6-9H,2-5H2,1H3,(H,23,28). The Morgan fingerprint density at radius 1 is 1.14 bits per heavy atom.